The Labute approximate surface area is 135 Å². The van der Waals surface area contributed by atoms with Crippen molar-refractivity contribution in [3.05, 3.63) is 0 Å². The van der Waals surface area contributed by atoms with Crippen LogP contribution in [-0.4, -0.2) is 0 Å². The predicted octanol–water partition coefficient (Wildman–Crippen LogP) is 4.28. The van der Waals surface area contributed by atoms with Gasteiger partial charge in [-0.25, -0.2) is 22.4 Å². The first-order valence-electron chi connectivity index (χ1n) is 2.55. The quantitative estimate of drug-likeness (QED) is 0.313. The number of rotatable bonds is 6. The van der Waals surface area contributed by atoms with E-state index in [4.69, 9.17) is 92.0 Å². The van der Waals surface area contributed by atoms with Gasteiger partial charge in [0, 0.05) is 21.1 Å². The van der Waals surface area contributed by atoms with E-state index in [0.29, 0.717) is 7.04 Å². The van der Waals surface area contributed by atoms with Crippen LogP contribution in [0.4, 0.5) is 0 Å². The van der Waals surface area contributed by atoms with Crippen LogP contribution in [0, 0.1) is 0 Å². The van der Waals surface area contributed by atoms with Crippen LogP contribution in [0.5, 0.6) is 0 Å². The van der Waals surface area contributed by atoms with Crippen LogP contribution in [0.25, 0.3) is 0 Å². The van der Waals surface area contributed by atoms with Gasteiger partial charge in [0.1, 0.15) is 0 Å². The summed E-state index contributed by atoms with van der Waals surface area (Å²) < 4.78 is -2.10. The van der Waals surface area contributed by atoms with Gasteiger partial charge in [-0.3, -0.25) is 7.05 Å². The maximum Gasteiger partial charge on any atom is 0.0928 e. The fourth-order valence-electron chi connectivity index (χ4n) is 0.349. The molecule has 1 atom stereocenters. The minimum Gasteiger partial charge on any atom is -0.276 e. The molecule has 0 heterocycles. The molecule has 0 saturated carbocycles. The second kappa shape index (κ2) is 8.49. The van der Waals surface area contributed by atoms with Crippen molar-refractivity contribution in [3.8, 4) is 0 Å². The fourth-order valence-corrected chi connectivity index (χ4v) is 84.9. The van der Waals surface area contributed by atoms with Crippen molar-refractivity contribution in [2.45, 2.75) is 0 Å². The Morgan fingerprint density at radius 3 is 1.67 bits per heavy atom. The van der Waals surface area contributed by atoms with E-state index in [0.717, 1.165) is 14.1 Å². The molecule has 0 rings (SSSR count). The van der Waals surface area contributed by atoms with Gasteiger partial charge in [0.15, 0.2) is 0 Å². The largest absolute Gasteiger partial charge is 0.276 e. The van der Waals surface area contributed by atoms with Crippen LogP contribution in [0.3, 0.4) is 0 Å². The predicted molar refractivity (Wildman–Crippen MR) is 108 cm³/mol. The maximum atomic E-state index is 5.61. The van der Waals surface area contributed by atoms with Crippen molar-refractivity contribution >= 4 is 138 Å². The van der Waals surface area contributed by atoms with E-state index in [1.54, 1.807) is 0 Å². The second-order valence-corrected chi connectivity index (χ2v) is 44.2. The molecule has 0 spiro atoms. The molecule has 0 aromatic heterocycles. The van der Waals surface area contributed by atoms with Crippen molar-refractivity contribution < 1.29 is 0 Å². The molecule has 1 unspecified atom stereocenters. The molecule has 15 heavy (non-hydrogen) atoms. The van der Waals surface area contributed by atoms with Gasteiger partial charge in [0.25, 0.3) is 0 Å². The highest BCUT2D eigenvalue weighted by Crippen LogP contribution is 2.96. The van der Waals surface area contributed by atoms with Crippen LogP contribution < -0.4 is 0 Å². The molecular weight excluding hydrogens is 476 g/mol. The highest BCUT2D eigenvalue weighted by Gasteiger charge is 2.28. The molecule has 15 heteroatoms. The molecule has 0 aliphatic carbocycles. The van der Waals surface area contributed by atoms with E-state index >= 15 is 0 Å². The monoisotopic (exact) mass is 475 g/mol. The highest BCUT2D eigenvalue weighted by atomic mass is 33.9. The summed E-state index contributed by atoms with van der Waals surface area (Å²) in [5.41, 5.74) is 0. The summed E-state index contributed by atoms with van der Waals surface area (Å²) in [5.74, 6) is -2.00. The normalized spacial score (nSPS) is 19.3. The van der Waals surface area contributed by atoms with Crippen LogP contribution in [0.2, 0.25) is 0 Å². The summed E-state index contributed by atoms with van der Waals surface area (Å²) in [4.78, 5) is 0. The Morgan fingerprint density at radius 2 is 1.47 bits per heavy atom. The third kappa shape index (κ3) is 4.62. The van der Waals surface area contributed by atoms with Crippen molar-refractivity contribution in [2.24, 2.45) is 0 Å². The lowest BCUT2D eigenvalue weighted by atomic mass is 28.9. The fraction of sp³-hybridized carbons (Fsp3) is 0. The van der Waals surface area contributed by atoms with E-state index in [9.17, 15) is 0 Å². The molecule has 86 valence electrons. The maximum absolute atomic E-state index is 5.61. The molecule has 0 bridgehead atoms. The smallest absolute Gasteiger partial charge is 0.0928 e. The average Bonchev–Trinajstić information content (AvgIpc) is 2.18. The van der Waals surface area contributed by atoms with Gasteiger partial charge in [-0.1, -0.05) is 69.6 Å². The van der Waals surface area contributed by atoms with E-state index in [2.05, 4.69) is 0 Å². The summed E-state index contributed by atoms with van der Waals surface area (Å²) in [6.07, 6.45) is 0. The van der Waals surface area contributed by atoms with E-state index in [-0.39, 0.29) is 0 Å². The molecule has 0 N–H and O–H groups in total. The minimum atomic E-state index is -2.10. The first kappa shape index (κ1) is 19.2. The van der Waals surface area contributed by atoms with E-state index < -0.39 is 24.4 Å². The zero-order valence-corrected chi connectivity index (χ0v) is 19.0. The molecule has 0 radical (unpaired) electrons. The van der Waals surface area contributed by atoms with Gasteiger partial charge < -0.3 is 0 Å². The zero-order chi connectivity index (χ0) is 12.3. The molecule has 0 aliphatic rings. The Bertz CT molecular complexity index is 472. The molecular formula is P5S10-. The lowest BCUT2D eigenvalue weighted by Crippen LogP contribution is -1.89. The Kier molecular flexibility index (Phi) is 10.9. The number of hydrogen-bond donors (Lipinski definition) is 0. The summed E-state index contributed by atoms with van der Waals surface area (Å²) in [6.45, 7) is -0.736. The van der Waals surface area contributed by atoms with Gasteiger partial charge in [-0.15, -0.1) is 5.80 Å². The summed E-state index contributed by atoms with van der Waals surface area (Å²) in [7, 11) is 1.32. The van der Waals surface area contributed by atoms with Crippen LogP contribution in [-0.2, 0) is 105 Å². The Morgan fingerprint density at radius 1 is 1.07 bits per heavy atom. The van der Waals surface area contributed by atoms with E-state index in [1.165, 1.54) is 0 Å². The molecule has 0 nitrogen and oxygen atoms in total. The Hall–Kier alpha value is 4.22. The highest BCUT2D eigenvalue weighted by molar-refractivity contribution is 9.40. The third-order valence-corrected chi connectivity index (χ3v) is 76.0. The SMILES string of the molecule is S=PP(P=S)P(=S)(P=S)S(=S)(=S)[S-](=S)=S. The standard InChI is InChI=1S/P5S10/c6-1-4(2-7)5(9,3-8)15(12,13)14(10)11/q-1. The summed E-state index contributed by atoms with van der Waals surface area (Å²) in [6, 6.07) is 0. The Balaban J connectivity index is 6.02. The first-order chi connectivity index (χ1) is 6.77. The van der Waals surface area contributed by atoms with Gasteiger partial charge >= 0.3 is 0 Å². The molecule has 0 aromatic carbocycles. The van der Waals surface area contributed by atoms with Gasteiger partial charge in [-0.05, 0) is 0 Å². The lowest BCUT2D eigenvalue weighted by Gasteiger charge is -2.28. The van der Waals surface area contributed by atoms with Crippen LogP contribution in [0.15, 0.2) is 0 Å². The number of hydrogen-bond acceptors (Lipinski definition) is 9. The summed E-state index contributed by atoms with van der Waals surface area (Å²) >= 11 is 41.7. The first-order valence-corrected chi connectivity index (χ1v) is 22.9. The lowest BCUT2D eigenvalue weighted by molar-refractivity contribution is 4.77. The molecule has 0 aliphatic heterocycles. The van der Waals surface area contributed by atoms with Crippen LogP contribution >= 0.6 is 32.7 Å². The molecule has 0 saturated heterocycles. The van der Waals surface area contributed by atoms with Crippen molar-refractivity contribution in [1.82, 2.24) is 0 Å². The van der Waals surface area contributed by atoms with E-state index in [1.807, 2.05) is 0 Å². The molecule has 0 amide bonds. The minimum absolute atomic E-state index is 0.646. The van der Waals surface area contributed by atoms with Gasteiger partial charge in [0.05, 0.1) is 11.6 Å². The molecule has 0 aromatic rings. The third-order valence-electron chi connectivity index (χ3n) is 0.939. The average molecular weight is 476 g/mol. The van der Waals surface area contributed by atoms with Gasteiger partial charge in [-0.2, -0.15) is 0 Å². The van der Waals surface area contributed by atoms with Crippen molar-refractivity contribution in [1.29, 1.82) is 0 Å². The van der Waals surface area contributed by atoms with Gasteiger partial charge in [0.2, 0.25) is 0 Å². The molecule has 0 fully saturated rings. The van der Waals surface area contributed by atoms with Crippen molar-refractivity contribution in [2.75, 3.05) is 0 Å². The van der Waals surface area contributed by atoms with Crippen LogP contribution in [0.1, 0.15) is 0 Å². The second-order valence-electron chi connectivity index (χ2n) is 1.64. The zero-order valence-electron chi connectivity index (χ0n) is 6.32. The topological polar surface area (TPSA) is 0 Å². The van der Waals surface area contributed by atoms with Crippen molar-refractivity contribution in [3.63, 3.8) is 0 Å². The summed E-state index contributed by atoms with van der Waals surface area (Å²) in [5, 5.41) is 0.